The molecule has 0 radical (unpaired) electrons. The second kappa shape index (κ2) is 8.56. The van der Waals surface area contributed by atoms with Gasteiger partial charge in [0.05, 0.1) is 0 Å². The van der Waals surface area contributed by atoms with E-state index in [9.17, 15) is 14.4 Å². The molecule has 9 nitrogen and oxygen atoms in total. The number of nitrogens with one attached hydrogen (secondary N) is 2. The van der Waals surface area contributed by atoms with E-state index in [2.05, 4.69) is 20.7 Å². The molecule has 0 aliphatic heterocycles. The second-order valence-corrected chi connectivity index (χ2v) is 5.55. The molecule has 9 heteroatoms. The quantitative estimate of drug-likeness (QED) is 0.608. The zero-order valence-corrected chi connectivity index (χ0v) is 14.3. The number of oxazole rings is 1. The van der Waals surface area contributed by atoms with E-state index >= 15 is 0 Å². The summed E-state index contributed by atoms with van der Waals surface area (Å²) >= 11 is 0. The Balaban J connectivity index is 1.47. The molecule has 0 atom stereocenters. The summed E-state index contributed by atoms with van der Waals surface area (Å²) in [5, 5.41) is 9.09. The van der Waals surface area contributed by atoms with Gasteiger partial charge in [-0.05, 0) is 24.6 Å². The van der Waals surface area contributed by atoms with Crippen LogP contribution in [0.3, 0.4) is 0 Å². The van der Waals surface area contributed by atoms with E-state index in [1.54, 1.807) is 36.4 Å². The van der Waals surface area contributed by atoms with Crippen molar-refractivity contribution in [1.29, 1.82) is 0 Å². The number of hydrogen-bond donors (Lipinski definition) is 2. The van der Waals surface area contributed by atoms with E-state index in [1.165, 1.54) is 23.2 Å². The molecule has 0 aliphatic carbocycles. The summed E-state index contributed by atoms with van der Waals surface area (Å²) in [7, 11) is 0. The third-order valence-corrected chi connectivity index (χ3v) is 3.61. The van der Waals surface area contributed by atoms with Crippen LogP contribution in [0.25, 0.3) is 0 Å². The maximum atomic E-state index is 12.1. The van der Waals surface area contributed by atoms with E-state index in [0.717, 1.165) is 0 Å². The predicted molar refractivity (Wildman–Crippen MR) is 96.3 cm³/mol. The summed E-state index contributed by atoms with van der Waals surface area (Å²) < 4.78 is 6.43. The van der Waals surface area contributed by atoms with Crippen molar-refractivity contribution in [2.24, 2.45) is 0 Å². The zero-order chi connectivity index (χ0) is 19.1. The van der Waals surface area contributed by atoms with Gasteiger partial charge in [0.2, 0.25) is 0 Å². The minimum atomic E-state index is -0.438. The van der Waals surface area contributed by atoms with Gasteiger partial charge in [-0.25, -0.2) is 4.68 Å². The van der Waals surface area contributed by atoms with Crippen molar-refractivity contribution in [3.05, 3.63) is 76.5 Å². The van der Waals surface area contributed by atoms with Gasteiger partial charge < -0.3 is 9.73 Å². The molecule has 2 N–H and O–H groups in total. The predicted octanol–water partition coefficient (Wildman–Crippen LogP) is 1.30. The summed E-state index contributed by atoms with van der Waals surface area (Å²) in [6, 6.07) is 11.5. The Morgan fingerprint density at radius 2 is 1.89 bits per heavy atom. The molecule has 0 unspecified atom stereocenters. The van der Waals surface area contributed by atoms with Crippen molar-refractivity contribution in [2.75, 3.05) is 11.9 Å². The van der Waals surface area contributed by atoms with Gasteiger partial charge in [-0.1, -0.05) is 18.2 Å². The molecule has 2 heterocycles. The third kappa shape index (κ3) is 4.88. The number of aromatic nitrogens is 3. The number of rotatable bonds is 7. The van der Waals surface area contributed by atoms with Crippen LogP contribution in [0.2, 0.25) is 0 Å². The summed E-state index contributed by atoms with van der Waals surface area (Å²) in [4.78, 5) is 39.5. The number of benzene rings is 1. The van der Waals surface area contributed by atoms with Gasteiger partial charge in [0.25, 0.3) is 17.4 Å². The first-order valence-electron chi connectivity index (χ1n) is 8.26. The Bertz CT molecular complexity index is 980. The van der Waals surface area contributed by atoms with Gasteiger partial charge in [-0.15, -0.1) is 0 Å². The van der Waals surface area contributed by atoms with Crippen molar-refractivity contribution < 1.29 is 14.0 Å². The molecule has 138 valence electrons. The number of aryl methyl sites for hydroxylation is 1. The first kappa shape index (κ1) is 18.1. The Morgan fingerprint density at radius 3 is 2.67 bits per heavy atom. The molecular weight excluding hydrogens is 350 g/mol. The lowest BCUT2D eigenvalue weighted by Gasteiger charge is -2.04. The first-order chi connectivity index (χ1) is 13.1. The molecule has 3 aromatic rings. The minimum absolute atomic E-state index is 0.0494. The van der Waals surface area contributed by atoms with Crippen molar-refractivity contribution in [2.45, 2.75) is 13.0 Å². The molecule has 2 amide bonds. The lowest BCUT2D eigenvalue weighted by molar-refractivity contribution is 0.0946. The van der Waals surface area contributed by atoms with Gasteiger partial charge in [-0.2, -0.15) is 10.1 Å². The summed E-state index contributed by atoms with van der Waals surface area (Å²) in [6.45, 7) is 0.720. The molecule has 27 heavy (non-hydrogen) atoms. The topological polar surface area (TPSA) is 119 Å². The lowest BCUT2D eigenvalue weighted by Crippen LogP contribution is -2.28. The van der Waals surface area contributed by atoms with Gasteiger partial charge in [0.15, 0.2) is 5.69 Å². The normalized spacial score (nSPS) is 10.4. The van der Waals surface area contributed by atoms with Crippen LogP contribution in [-0.4, -0.2) is 33.1 Å². The summed E-state index contributed by atoms with van der Waals surface area (Å²) in [5.41, 5.74) is 0.305. The molecule has 1 aromatic carbocycles. The monoisotopic (exact) mass is 367 g/mol. The fraction of sp³-hybridized carbons (Fsp3) is 0.167. The fourth-order valence-corrected chi connectivity index (χ4v) is 2.27. The fourth-order valence-electron chi connectivity index (χ4n) is 2.27. The molecule has 0 fully saturated rings. The van der Waals surface area contributed by atoms with Gasteiger partial charge in [0.1, 0.15) is 6.26 Å². The molecule has 0 aliphatic rings. The molecule has 0 bridgehead atoms. The molecule has 0 saturated carbocycles. The smallest absolute Gasteiger partial charge is 0.302 e. The molecule has 2 aromatic heterocycles. The zero-order valence-electron chi connectivity index (χ0n) is 14.3. The highest BCUT2D eigenvalue weighted by molar-refractivity contribution is 6.03. The number of carbonyl (C=O) groups excluding carboxylic acids is 2. The van der Waals surface area contributed by atoms with Gasteiger partial charge >= 0.3 is 6.01 Å². The standard InChI is InChI=1S/C18H17N5O4/c24-15-8-4-10-20-23(15)11-5-9-19-17(26)14-12-27-18(21-14)22-16(25)13-6-2-1-3-7-13/h1-4,6-8,10,12H,5,9,11H2,(H,19,26)(H,21,22,25). The largest absolute Gasteiger partial charge is 0.431 e. The van der Waals surface area contributed by atoms with Crippen molar-refractivity contribution in [1.82, 2.24) is 20.1 Å². The van der Waals surface area contributed by atoms with Crippen LogP contribution in [-0.2, 0) is 6.54 Å². The van der Waals surface area contributed by atoms with Crippen LogP contribution in [0.1, 0.15) is 27.3 Å². The lowest BCUT2D eigenvalue weighted by atomic mass is 10.2. The highest BCUT2D eigenvalue weighted by atomic mass is 16.4. The highest BCUT2D eigenvalue weighted by Gasteiger charge is 2.14. The average molecular weight is 367 g/mol. The number of nitrogens with zero attached hydrogens (tertiary/aromatic N) is 3. The Labute approximate surface area is 154 Å². The number of carbonyl (C=O) groups is 2. The minimum Gasteiger partial charge on any atom is -0.431 e. The molecule has 3 rings (SSSR count). The SMILES string of the molecule is O=C(Nc1nc(C(=O)NCCCn2ncccc2=O)co1)c1ccccc1. The number of hydrogen-bond acceptors (Lipinski definition) is 6. The first-order valence-corrected chi connectivity index (χ1v) is 8.26. The molecule has 0 saturated heterocycles. The van der Waals surface area contributed by atoms with E-state index in [4.69, 9.17) is 4.42 Å². The van der Waals surface area contributed by atoms with Crippen LogP contribution < -0.4 is 16.2 Å². The third-order valence-electron chi connectivity index (χ3n) is 3.61. The van der Waals surface area contributed by atoms with Gasteiger partial charge in [-0.3, -0.25) is 19.7 Å². The Kier molecular flexibility index (Phi) is 5.73. The van der Waals surface area contributed by atoms with E-state index in [0.29, 0.717) is 25.1 Å². The average Bonchev–Trinajstić information content (AvgIpc) is 3.15. The molecular formula is C18H17N5O4. The van der Waals surface area contributed by atoms with Crippen LogP contribution in [0.4, 0.5) is 6.01 Å². The van der Waals surface area contributed by atoms with Crippen LogP contribution >= 0.6 is 0 Å². The number of anilines is 1. The second-order valence-electron chi connectivity index (χ2n) is 5.55. The summed E-state index contributed by atoms with van der Waals surface area (Å²) in [5.74, 6) is -0.822. The van der Waals surface area contributed by atoms with E-state index in [1.807, 2.05) is 0 Å². The maximum absolute atomic E-state index is 12.1. The van der Waals surface area contributed by atoms with Gasteiger partial charge in [0, 0.05) is 30.9 Å². The number of amides is 2. The van der Waals surface area contributed by atoms with Crippen molar-refractivity contribution in [3.63, 3.8) is 0 Å². The van der Waals surface area contributed by atoms with Crippen LogP contribution in [0, 0.1) is 0 Å². The van der Waals surface area contributed by atoms with E-state index in [-0.39, 0.29) is 23.2 Å². The maximum Gasteiger partial charge on any atom is 0.302 e. The Hall–Kier alpha value is -3.75. The van der Waals surface area contributed by atoms with Crippen molar-refractivity contribution in [3.8, 4) is 0 Å². The van der Waals surface area contributed by atoms with Crippen LogP contribution in [0.15, 0.2) is 64.1 Å². The molecule has 0 spiro atoms. The van der Waals surface area contributed by atoms with Crippen molar-refractivity contribution >= 4 is 17.8 Å². The van der Waals surface area contributed by atoms with Crippen LogP contribution in [0.5, 0.6) is 0 Å². The Morgan fingerprint density at radius 1 is 1.07 bits per heavy atom. The highest BCUT2D eigenvalue weighted by Crippen LogP contribution is 2.09. The summed E-state index contributed by atoms with van der Waals surface area (Å²) in [6.07, 6.45) is 3.22. The van der Waals surface area contributed by atoms with E-state index < -0.39 is 5.91 Å².